The summed E-state index contributed by atoms with van der Waals surface area (Å²) in [5.74, 6) is 0.301. The quantitative estimate of drug-likeness (QED) is 0.717. The number of H-pyrrole nitrogens is 1. The lowest BCUT2D eigenvalue weighted by atomic mass is 9.82. The molecule has 0 saturated heterocycles. The predicted molar refractivity (Wildman–Crippen MR) is 69.5 cm³/mol. The highest BCUT2D eigenvalue weighted by Crippen LogP contribution is 2.38. The second-order valence-electron chi connectivity index (χ2n) is 5.12. The van der Waals surface area contributed by atoms with E-state index in [1.54, 1.807) is 12.4 Å². The molecule has 1 aromatic heterocycles. The van der Waals surface area contributed by atoms with Crippen LogP contribution in [0.1, 0.15) is 30.8 Å². The van der Waals surface area contributed by atoms with Crippen LogP contribution in [0.25, 0.3) is 0 Å². The first-order valence-corrected chi connectivity index (χ1v) is 6.20. The Morgan fingerprint density at radius 2 is 2.17 bits per heavy atom. The maximum absolute atomic E-state index is 10.1. The molecule has 0 unspecified atom stereocenters. The van der Waals surface area contributed by atoms with E-state index < -0.39 is 5.54 Å². The number of hydrogen-bond donors (Lipinski definition) is 3. The van der Waals surface area contributed by atoms with Crippen molar-refractivity contribution in [2.75, 3.05) is 0 Å². The van der Waals surface area contributed by atoms with Crippen molar-refractivity contribution < 1.29 is 5.11 Å². The minimum absolute atomic E-state index is 0.301. The molecule has 0 amide bonds. The second kappa shape index (κ2) is 3.85. The number of phenols is 1. The molecule has 0 spiro atoms. The van der Waals surface area contributed by atoms with Crippen LogP contribution in [0.3, 0.4) is 0 Å². The number of nitrogens with zero attached hydrogens (tertiary/aromatic N) is 1. The molecule has 0 saturated carbocycles. The minimum Gasteiger partial charge on any atom is -0.508 e. The van der Waals surface area contributed by atoms with Crippen molar-refractivity contribution in [3.05, 3.63) is 47.5 Å². The molecule has 18 heavy (non-hydrogen) atoms. The third kappa shape index (κ3) is 1.53. The van der Waals surface area contributed by atoms with Gasteiger partial charge in [0.25, 0.3) is 0 Å². The summed E-state index contributed by atoms with van der Waals surface area (Å²) in [5, 5.41) is 13.6. The zero-order valence-corrected chi connectivity index (χ0v) is 10.6. The fourth-order valence-electron chi connectivity index (χ4n) is 2.93. The molecule has 2 heterocycles. The van der Waals surface area contributed by atoms with Crippen molar-refractivity contribution in [3.63, 3.8) is 0 Å². The molecule has 3 rings (SSSR count). The summed E-state index contributed by atoms with van der Waals surface area (Å²) in [6, 6.07) is 7.77. The van der Waals surface area contributed by atoms with E-state index in [4.69, 9.17) is 0 Å². The van der Waals surface area contributed by atoms with Gasteiger partial charge in [-0.15, -0.1) is 0 Å². The first-order valence-electron chi connectivity index (χ1n) is 6.20. The number of phenolic OH excluding ortho intramolecular Hbond substituents is 1. The Bertz CT molecular complexity index is 578. The van der Waals surface area contributed by atoms with Crippen LogP contribution in [-0.2, 0) is 12.0 Å². The average molecular weight is 243 g/mol. The summed E-state index contributed by atoms with van der Waals surface area (Å²) in [5.41, 5.74) is 2.54. The number of rotatable bonds is 1. The number of para-hydroxylation sites is 1. The number of aromatic hydroxyl groups is 1. The Balaban J connectivity index is 2.19. The summed E-state index contributed by atoms with van der Waals surface area (Å²) in [7, 11) is 0. The summed E-state index contributed by atoms with van der Waals surface area (Å²) in [4.78, 5) is 7.63. The lowest BCUT2D eigenvalue weighted by molar-refractivity contribution is 0.330. The van der Waals surface area contributed by atoms with Crippen LogP contribution in [-0.4, -0.2) is 21.1 Å². The van der Waals surface area contributed by atoms with Crippen LogP contribution in [0.2, 0.25) is 0 Å². The van der Waals surface area contributed by atoms with E-state index in [0.29, 0.717) is 11.8 Å². The number of aromatic amines is 1. The van der Waals surface area contributed by atoms with E-state index >= 15 is 0 Å². The molecule has 2 atom stereocenters. The van der Waals surface area contributed by atoms with E-state index in [2.05, 4.69) is 29.1 Å². The number of fused-ring (bicyclic) bond motifs is 1. The predicted octanol–water partition coefficient (Wildman–Crippen LogP) is 1.91. The van der Waals surface area contributed by atoms with Crippen LogP contribution in [0, 0.1) is 0 Å². The molecule has 4 nitrogen and oxygen atoms in total. The molecule has 2 aromatic rings. The van der Waals surface area contributed by atoms with Gasteiger partial charge in [-0.25, -0.2) is 4.98 Å². The maximum atomic E-state index is 10.1. The molecular formula is C14H17N3O. The molecule has 1 aliphatic rings. The van der Waals surface area contributed by atoms with E-state index in [9.17, 15) is 5.11 Å². The number of aromatic nitrogens is 2. The van der Waals surface area contributed by atoms with Gasteiger partial charge in [0.15, 0.2) is 0 Å². The highest BCUT2D eigenvalue weighted by molar-refractivity contribution is 5.45. The number of benzene rings is 1. The lowest BCUT2D eigenvalue weighted by Crippen LogP contribution is -2.50. The Kier molecular flexibility index (Phi) is 2.41. The monoisotopic (exact) mass is 243 g/mol. The van der Waals surface area contributed by atoms with Crippen molar-refractivity contribution >= 4 is 0 Å². The summed E-state index contributed by atoms with van der Waals surface area (Å²) in [6.07, 6.45) is 2.65. The maximum Gasteiger partial charge on any atom is 0.121 e. The highest BCUT2D eigenvalue weighted by atomic mass is 16.3. The Morgan fingerprint density at radius 1 is 1.39 bits per heavy atom. The third-order valence-electron chi connectivity index (χ3n) is 3.68. The van der Waals surface area contributed by atoms with Gasteiger partial charge in [0, 0.05) is 23.7 Å². The van der Waals surface area contributed by atoms with Gasteiger partial charge in [-0.3, -0.25) is 5.32 Å². The molecule has 0 aliphatic carbocycles. The van der Waals surface area contributed by atoms with Crippen molar-refractivity contribution in [1.29, 1.82) is 0 Å². The van der Waals surface area contributed by atoms with Gasteiger partial charge in [-0.1, -0.05) is 18.2 Å². The number of hydrogen-bond acceptors (Lipinski definition) is 3. The fourth-order valence-corrected chi connectivity index (χ4v) is 2.93. The topological polar surface area (TPSA) is 60.9 Å². The van der Waals surface area contributed by atoms with E-state index in [1.165, 1.54) is 0 Å². The largest absolute Gasteiger partial charge is 0.508 e. The Morgan fingerprint density at radius 3 is 2.94 bits per heavy atom. The van der Waals surface area contributed by atoms with Crippen molar-refractivity contribution in [2.45, 2.75) is 31.8 Å². The van der Waals surface area contributed by atoms with Gasteiger partial charge in [-0.2, -0.15) is 0 Å². The van der Waals surface area contributed by atoms with Gasteiger partial charge in [0.2, 0.25) is 0 Å². The Labute approximate surface area is 106 Å². The molecule has 94 valence electrons. The third-order valence-corrected chi connectivity index (χ3v) is 3.68. The molecule has 0 radical (unpaired) electrons. The smallest absolute Gasteiger partial charge is 0.121 e. The van der Waals surface area contributed by atoms with Crippen LogP contribution in [0.5, 0.6) is 5.75 Å². The SMILES string of the molecule is C[C@@H]1Cc2[nH]cnc2[C@](C)(c2ccccc2O)N1. The van der Waals surface area contributed by atoms with Crippen molar-refractivity contribution in [3.8, 4) is 5.75 Å². The summed E-state index contributed by atoms with van der Waals surface area (Å²) < 4.78 is 0. The molecule has 0 fully saturated rings. The van der Waals surface area contributed by atoms with Gasteiger partial charge in [0.1, 0.15) is 5.75 Å². The molecule has 1 aromatic carbocycles. The van der Waals surface area contributed by atoms with Crippen LogP contribution in [0.15, 0.2) is 30.6 Å². The average Bonchev–Trinajstić information content (AvgIpc) is 2.78. The van der Waals surface area contributed by atoms with Crippen molar-refractivity contribution in [1.82, 2.24) is 15.3 Å². The lowest BCUT2D eigenvalue weighted by Gasteiger charge is -2.38. The van der Waals surface area contributed by atoms with Crippen molar-refractivity contribution in [2.24, 2.45) is 0 Å². The molecular weight excluding hydrogens is 226 g/mol. The van der Waals surface area contributed by atoms with E-state index in [-0.39, 0.29) is 0 Å². The molecule has 4 heteroatoms. The van der Waals surface area contributed by atoms with Gasteiger partial charge >= 0.3 is 0 Å². The zero-order chi connectivity index (χ0) is 12.8. The zero-order valence-electron chi connectivity index (χ0n) is 10.6. The van der Waals surface area contributed by atoms with E-state index in [0.717, 1.165) is 23.4 Å². The Hall–Kier alpha value is -1.81. The number of nitrogens with one attached hydrogen (secondary N) is 2. The number of imidazole rings is 1. The normalized spacial score (nSPS) is 26.9. The van der Waals surface area contributed by atoms with Crippen LogP contribution >= 0.6 is 0 Å². The second-order valence-corrected chi connectivity index (χ2v) is 5.12. The summed E-state index contributed by atoms with van der Waals surface area (Å²) in [6.45, 7) is 4.21. The van der Waals surface area contributed by atoms with Crippen LogP contribution < -0.4 is 5.32 Å². The molecule has 1 aliphatic heterocycles. The van der Waals surface area contributed by atoms with Gasteiger partial charge < -0.3 is 10.1 Å². The first kappa shape index (κ1) is 11.3. The standard InChI is InChI=1S/C14H17N3O/c1-9-7-11-13(16-8-15-11)14(2,17-9)10-5-3-4-6-12(10)18/h3-6,8-9,17-18H,7H2,1-2H3,(H,15,16)/t9-,14+/m1/s1. The molecule has 0 bridgehead atoms. The molecule has 3 N–H and O–H groups in total. The van der Waals surface area contributed by atoms with Gasteiger partial charge in [0.05, 0.1) is 17.6 Å². The minimum atomic E-state index is -0.446. The van der Waals surface area contributed by atoms with E-state index in [1.807, 2.05) is 18.2 Å². The first-order chi connectivity index (χ1) is 8.61. The highest BCUT2D eigenvalue weighted by Gasteiger charge is 2.39. The van der Waals surface area contributed by atoms with Crippen LogP contribution in [0.4, 0.5) is 0 Å². The fraction of sp³-hybridized carbons (Fsp3) is 0.357. The summed E-state index contributed by atoms with van der Waals surface area (Å²) >= 11 is 0. The van der Waals surface area contributed by atoms with Gasteiger partial charge in [-0.05, 0) is 19.9 Å².